The SMILES string of the molecule is CC1=C(C#N)c2[nH+]c(N)c(C#N)c(C)c2C1=Cc1ccc(OCc2cccc(C(=O)[O-])c2)cc1. The van der Waals surface area contributed by atoms with Gasteiger partial charge in [-0.05, 0) is 71.5 Å². The molecule has 34 heavy (non-hydrogen) atoms. The second-order valence-corrected chi connectivity index (χ2v) is 7.92. The maximum absolute atomic E-state index is 11.0. The predicted octanol–water partition coefficient (Wildman–Crippen LogP) is 3.06. The number of carboxylic acid groups (broad SMARTS) is 1. The van der Waals surface area contributed by atoms with Crippen molar-refractivity contribution in [3.63, 3.8) is 0 Å². The monoisotopic (exact) mass is 448 g/mol. The lowest BCUT2D eigenvalue weighted by Crippen LogP contribution is -2.22. The van der Waals surface area contributed by atoms with Gasteiger partial charge in [-0.15, -0.1) is 0 Å². The quantitative estimate of drug-likeness (QED) is 0.637. The van der Waals surface area contributed by atoms with Crippen molar-refractivity contribution in [2.45, 2.75) is 20.5 Å². The van der Waals surface area contributed by atoms with Gasteiger partial charge in [0.1, 0.15) is 35.6 Å². The Bertz CT molecular complexity index is 1470. The Morgan fingerprint density at radius 3 is 2.53 bits per heavy atom. The Balaban J connectivity index is 1.62. The molecule has 7 nitrogen and oxygen atoms in total. The second kappa shape index (κ2) is 8.93. The average Bonchev–Trinajstić information content (AvgIpc) is 3.09. The Morgan fingerprint density at radius 2 is 1.88 bits per heavy atom. The number of nitriles is 2. The van der Waals surface area contributed by atoms with E-state index in [-0.39, 0.29) is 18.0 Å². The molecule has 0 aliphatic heterocycles. The van der Waals surface area contributed by atoms with Crippen LogP contribution in [0.4, 0.5) is 5.82 Å². The molecular weight excluding hydrogens is 428 g/mol. The number of ether oxygens (including phenoxy) is 1. The summed E-state index contributed by atoms with van der Waals surface area (Å²) >= 11 is 0. The van der Waals surface area contributed by atoms with Crippen molar-refractivity contribution in [1.29, 1.82) is 10.5 Å². The van der Waals surface area contributed by atoms with Gasteiger partial charge in [-0.3, -0.25) is 5.73 Å². The molecule has 7 heteroatoms. The van der Waals surface area contributed by atoms with Crippen molar-refractivity contribution in [3.05, 3.63) is 93.2 Å². The fourth-order valence-corrected chi connectivity index (χ4v) is 4.05. The summed E-state index contributed by atoms with van der Waals surface area (Å²) in [5.74, 6) is -0.358. The number of fused-ring (bicyclic) bond motifs is 1. The number of rotatable bonds is 5. The third-order valence-electron chi connectivity index (χ3n) is 5.81. The zero-order valence-corrected chi connectivity index (χ0v) is 18.6. The molecule has 0 fully saturated rings. The number of aromatic amines is 1. The van der Waals surface area contributed by atoms with Crippen LogP contribution in [0, 0.1) is 29.6 Å². The van der Waals surface area contributed by atoms with Crippen LogP contribution in [0.1, 0.15) is 50.8 Å². The third-order valence-corrected chi connectivity index (χ3v) is 5.81. The molecule has 166 valence electrons. The van der Waals surface area contributed by atoms with E-state index in [1.54, 1.807) is 12.1 Å². The molecule has 1 aliphatic carbocycles. The maximum atomic E-state index is 11.0. The number of aromatic nitrogens is 1. The van der Waals surface area contributed by atoms with Crippen LogP contribution in [0.15, 0.2) is 54.1 Å². The number of carboxylic acids is 1. The summed E-state index contributed by atoms with van der Waals surface area (Å²) in [6.45, 7) is 3.92. The number of nitrogens with zero attached hydrogens (tertiary/aromatic N) is 2. The van der Waals surface area contributed by atoms with Crippen molar-refractivity contribution in [3.8, 4) is 17.9 Å². The van der Waals surface area contributed by atoms with Crippen molar-refractivity contribution >= 4 is 29.0 Å². The average molecular weight is 448 g/mol. The van der Waals surface area contributed by atoms with E-state index in [2.05, 4.69) is 17.1 Å². The number of allylic oxidation sites excluding steroid dienone is 3. The summed E-state index contributed by atoms with van der Waals surface area (Å²) in [7, 11) is 0. The van der Waals surface area contributed by atoms with Crippen molar-refractivity contribution in [2.24, 2.45) is 0 Å². The zero-order chi connectivity index (χ0) is 24.4. The fraction of sp³-hybridized carbons (Fsp3) is 0.111. The largest absolute Gasteiger partial charge is 0.545 e. The first-order valence-corrected chi connectivity index (χ1v) is 10.5. The van der Waals surface area contributed by atoms with E-state index in [0.717, 1.165) is 33.4 Å². The third kappa shape index (κ3) is 3.99. The normalized spacial score (nSPS) is 13.4. The van der Waals surface area contributed by atoms with Crippen LogP contribution >= 0.6 is 0 Å². The van der Waals surface area contributed by atoms with Crippen molar-refractivity contribution < 1.29 is 19.6 Å². The number of nitrogen functional groups attached to an aromatic ring is 1. The van der Waals surface area contributed by atoms with Gasteiger partial charge in [0, 0.05) is 5.56 Å². The lowest BCUT2D eigenvalue weighted by atomic mass is 9.95. The molecule has 1 aliphatic rings. The smallest absolute Gasteiger partial charge is 0.289 e. The van der Waals surface area contributed by atoms with Crippen LogP contribution in [0.2, 0.25) is 0 Å². The zero-order valence-electron chi connectivity index (χ0n) is 18.6. The lowest BCUT2D eigenvalue weighted by Gasteiger charge is -2.10. The molecule has 0 radical (unpaired) electrons. The summed E-state index contributed by atoms with van der Waals surface area (Å²) in [6.07, 6.45) is 1.96. The molecule has 0 saturated heterocycles. The number of anilines is 1. The van der Waals surface area contributed by atoms with E-state index in [1.165, 1.54) is 12.1 Å². The highest BCUT2D eigenvalue weighted by Gasteiger charge is 2.32. The molecule has 2 aromatic carbocycles. The van der Waals surface area contributed by atoms with E-state index in [4.69, 9.17) is 10.5 Å². The first-order chi connectivity index (χ1) is 16.3. The standard InChI is InChI=1S/C27H20N4O3/c1-15-21(24-16(2)23(13-29)26(30)31-25(24)22(15)12-28)11-17-6-8-20(9-7-17)34-14-18-4-3-5-19(10-18)27(32)33/h3-11H,14H2,1-2H3,(H2,30,31)(H,32,33). The van der Waals surface area contributed by atoms with Gasteiger partial charge >= 0.3 is 0 Å². The second-order valence-electron chi connectivity index (χ2n) is 7.92. The summed E-state index contributed by atoms with van der Waals surface area (Å²) < 4.78 is 5.78. The molecular formula is C27H20N4O3. The molecule has 4 rings (SSSR count). The van der Waals surface area contributed by atoms with Gasteiger partial charge in [-0.2, -0.15) is 10.5 Å². The minimum atomic E-state index is -1.23. The topological polar surface area (TPSA) is 137 Å². The summed E-state index contributed by atoms with van der Waals surface area (Å²) in [5.41, 5.74) is 12.4. The minimum absolute atomic E-state index is 0.105. The Morgan fingerprint density at radius 1 is 1.15 bits per heavy atom. The van der Waals surface area contributed by atoms with Crippen LogP contribution in [0.5, 0.6) is 5.75 Å². The van der Waals surface area contributed by atoms with E-state index in [1.807, 2.05) is 44.2 Å². The molecule has 0 saturated carbocycles. The number of hydrogen-bond donors (Lipinski definition) is 1. The van der Waals surface area contributed by atoms with Gasteiger partial charge in [-0.25, -0.2) is 4.98 Å². The molecule has 1 heterocycles. The van der Waals surface area contributed by atoms with Crippen LogP contribution in [-0.2, 0) is 6.61 Å². The molecule has 0 atom stereocenters. The number of carbonyl (C=O) groups excluding carboxylic acids is 1. The number of carbonyl (C=O) groups is 1. The molecule has 0 bridgehead atoms. The van der Waals surface area contributed by atoms with Gasteiger partial charge in [0.05, 0.1) is 5.97 Å². The highest BCUT2D eigenvalue weighted by Crippen LogP contribution is 2.42. The van der Waals surface area contributed by atoms with Gasteiger partial charge in [0.25, 0.3) is 5.82 Å². The number of aromatic carboxylic acids is 1. The number of benzene rings is 2. The molecule has 3 N–H and O–H groups in total. The van der Waals surface area contributed by atoms with Crippen LogP contribution in [0.25, 0.3) is 17.2 Å². The summed E-state index contributed by atoms with van der Waals surface area (Å²) in [6, 6.07) is 18.2. The van der Waals surface area contributed by atoms with Crippen LogP contribution in [-0.4, -0.2) is 5.97 Å². The molecule has 0 unspecified atom stereocenters. The molecule has 1 aromatic heterocycles. The predicted molar refractivity (Wildman–Crippen MR) is 124 cm³/mol. The molecule has 0 amide bonds. The Kier molecular flexibility index (Phi) is 5.86. The Labute approximate surface area is 196 Å². The first kappa shape index (κ1) is 22.3. The van der Waals surface area contributed by atoms with Crippen LogP contribution < -0.4 is 20.6 Å². The molecule has 3 aromatic rings. The molecule has 0 spiro atoms. The number of pyridine rings is 1. The lowest BCUT2D eigenvalue weighted by molar-refractivity contribution is -0.364. The number of nitrogens with two attached hydrogens (primary N) is 1. The maximum Gasteiger partial charge on any atom is 0.289 e. The van der Waals surface area contributed by atoms with Crippen molar-refractivity contribution in [1.82, 2.24) is 0 Å². The number of hydrogen-bond acceptors (Lipinski definition) is 6. The van der Waals surface area contributed by atoms with Gasteiger partial charge < -0.3 is 14.6 Å². The summed E-state index contributed by atoms with van der Waals surface area (Å²) in [5, 5.41) is 30.2. The number of nitrogens with one attached hydrogen (secondary N) is 1. The van der Waals surface area contributed by atoms with Crippen molar-refractivity contribution in [2.75, 3.05) is 5.73 Å². The highest BCUT2D eigenvalue weighted by atomic mass is 16.5. The van der Waals surface area contributed by atoms with E-state index >= 15 is 0 Å². The first-order valence-electron chi connectivity index (χ1n) is 10.5. The van der Waals surface area contributed by atoms with Crippen LogP contribution in [0.3, 0.4) is 0 Å². The highest BCUT2D eigenvalue weighted by molar-refractivity contribution is 6.07. The fourth-order valence-electron chi connectivity index (χ4n) is 4.05. The Hall–Kier alpha value is -4.88. The van der Waals surface area contributed by atoms with Gasteiger partial charge in [0.15, 0.2) is 5.69 Å². The summed E-state index contributed by atoms with van der Waals surface area (Å²) in [4.78, 5) is 14.0. The van der Waals surface area contributed by atoms with Gasteiger partial charge in [-0.1, -0.05) is 30.3 Å². The number of H-pyrrole nitrogens is 1. The van der Waals surface area contributed by atoms with Gasteiger partial charge in [0.2, 0.25) is 0 Å². The minimum Gasteiger partial charge on any atom is -0.545 e. The van der Waals surface area contributed by atoms with E-state index in [0.29, 0.717) is 22.6 Å². The van der Waals surface area contributed by atoms with E-state index in [9.17, 15) is 20.4 Å². The van der Waals surface area contributed by atoms with E-state index < -0.39 is 5.97 Å².